The summed E-state index contributed by atoms with van der Waals surface area (Å²) in [6, 6.07) is 18.5. The lowest BCUT2D eigenvalue weighted by Crippen LogP contribution is -2.05. The quantitative estimate of drug-likeness (QED) is 0.336. The fraction of sp³-hybridized carbons (Fsp3) is 0.0385. The van der Waals surface area contributed by atoms with Crippen LogP contribution in [0.2, 0.25) is 0 Å². The average Bonchev–Trinajstić information content (AvgIpc) is 3.52. The normalized spacial score (nSPS) is 10.9. The van der Waals surface area contributed by atoms with Gasteiger partial charge in [-0.1, -0.05) is 0 Å². The lowest BCUT2D eigenvalue weighted by Gasteiger charge is -2.12. The summed E-state index contributed by atoms with van der Waals surface area (Å²) < 4.78 is 25.4. The van der Waals surface area contributed by atoms with Crippen molar-refractivity contribution in [1.29, 1.82) is 0 Å². The first-order valence-corrected chi connectivity index (χ1v) is 10.5. The van der Waals surface area contributed by atoms with Crippen molar-refractivity contribution in [2.24, 2.45) is 0 Å². The van der Waals surface area contributed by atoms with E-state index in [0.717, 1.165) is 0 Å². The smallest absolute Gasteiger partial charge is 0.247 e. The summed E-state index contributed by atoms with van der Waals surface area (Å²) in [6.07, 6.45) is 1.21. The Morgan fingerprint density at radius 3 is 2.20 bits per heavy atom. The van der Waals surface area contributed by atoms with Gasteiger partial charge in [0.25, 0.3) is 0 Å². The van der Waals surface area contributed by atoms with Crippen molar-refractivity contribution in [3.8, 4) is 45.8 Å². The second-order valence-electron chi connectivity index (χ2n) is 7.59. The number of aromatic hydroxyl groups is 2. The predicted molar refractivity (Wildman–Crippen MR) is 124 cm³/mol. The van der Waals surface area contributed by atoms with Gasteiger partial charge >= 0.3 is 0 Å². The highest BCUT2D eigenvalue weighted by Gasteiger charge is 2.30. The number of methoxy groups -OCH3 is 1. The fourth-order valence-electron chi connectivity index (χ4n) is 3.83. The van der Waals surface area contributed by atoms with E-state index in [0.29, 0.717) is 28.5 Å². The minimum atomic E-state index is -0.592. The van der Waals surface area contributed by atoms with Gasteiger partial charge in [0.1, 0.15) is 11.6 Å². The lowest BCUT2D eigenvalue weighted by molar-refractivity contribution is 0.103. The molecule has 2 heterocycles. The molecule has 174 valence electrons. The van der Waals surface area contributed by atoms with Crippen molar-refractivity contribution in [3.05, 3.63) is 96.1 Å². The van der Waals surface area contributed by atoms with Gasteiger partial charge in [0.2, 0.25) is 18.2 Å². The van der Waals surface area contributed by atoms with Gasteiger partial charge in [-0.05, 0) is 78.4 Å². The summed E-state index contributed by atoms with van der Waals surface area (Å²) in [5.74, 6) is -1.25. The molecule has 9 heteroatoms. The molecule has 0 saturated heterocycles. The number of hydrogen-bond acceptors (Lipinski definition) is 7. The number of ether oxygens (including phenoxy) is 1. The van der Waals surface area contributed by atoms with Crippen molar-refractivity contribution < 1.29 is 28.6 Å². The zero-order valence-corrected chi connectivity index (χ0v) is 18.3. The molecule has 0 aliphatic carbocycles. The molecule has 0 atom stereocenters. The molecule has 0 saturated carbocycles. The first kappa shape index (κ1) is 21.9. The van der Waals surface area contributed by atoms with Crippen molar-refractivity contribution in [3.63, 3.8) is 0 Å². The molecule has 35 heavy (non-hydrogen) atoms. The van der Waals surface area contributed by atoms with E-state index in [1.54, 1.807) is 48.5 Å². The molecule has 5 aromatic rings. The van der Waals surface area contributed by atoms with Crippen LogP contribution in [0.15, 0.2) is 83.6 Å². The number of carbonyl (C=O) groups is 1. The number of hydrogen-bond donors (Lipinski definition) is 2. The third-order valence-electron chi connectivity index (χ3n) is 5.55. The minimum Gasteiger partial charge on any atom is -0.503 e. The van der Waals surface area contributed by atoms with Crippen molar-refractivity contribution in [1.82, 2.24) is 14.8 Å². The Hall–Kier alpha value is -4.92. The van der Waals surface area contributed by atoms with Crippen molar-refractivity contribution in [2.75, 3.05) is 7.11 Å². The van der Waals surface area contributed by atoms with E-state index in [4.69, 9.17) is 9.15 Å². The molecule has 0 aliphatic rings. The maximum atomic E-state index is 13.7. The molecule has 5 rings (SSSR count). The van der Waals surface area contributed by atoms with Crippen LogP contribution in [0.4, 0.5) is 4.39 Å². The zero-order valence-electron chi connectivity index (χ0n) is 18.3. The van der Waals surface area contributed by atoms with E-state index in [-0.39, 0.29) is 16.8 Å². The molecule has 0 spiro atoms. The highest BCUT2D eigenvalue weighted by Crippen LogP contribution is 2.44. The van der Waals surface area contributed by atoms with Crippen LogP contribution in [-0.2, 0) is 0 Å². The molecule has 8 nitrogen and oxygen atoms in total. The summed E-state index contributed by atoms with van der Waals surface area (Å²) in [4.78, 5) is 13.5. The van der Waals surface area contributed by atoms with Gasteiger partial charge < -0.3 is 19.4 Å². The summed E-state index contributed by atoms with van der Waals surface area (Å²) in [7, 11) is 1.51. The number of ketones is 1. The third-order valence-corrected chi connectivity index (χ3v) is 5.55. The van der Waals surface area contributed by atoms with Gasteiger partial charge in [0.15, 0.2) is 11.5 Å². The maximum absolute atomic E-state index is 13.7. The van der Waals surface area contributed by atoms with Crippen LogP contribution in [0.25, 0.3) is 28.4 Å². The Morgan fingerprint density at radius 2 is 1.60 bits per heavy atom. The van der Waals surface area contributed by atoms with Crippen LogP contribution < -0.4 is 4.74 Å². The molecule has 0 aliphatic heterocycles. The van der Waals surface area contributed by atoms with Crippen LogP contribution in [0.5, 0.6) is 17.4 Å². The SMILES string of the molecule is COc1ccc(C(=O)c2c(O)c(O)n(-c3ccc(-c4nnco4)cc3)c2-c2ccc(F)cc2)cc1. The monoisotopic (exact) mass is 471 g/mol. The number of halogens is 1. The first-order chi connectivity index (χ1) is 17.0. The van der Waals surface area contributed by atoms with E-state index in [2.05, 4.69) is 10.2 Å². The molecular formula is C26H18FN3O5. The molecule has 0 amide bonds. The van der Waals surface area contributed by atoms with Gasteiger partial charge in [0, 0.05) is 16.8 Å². The minimum absolute atomic E-state index is 0.125. The van der Waals surface area contributed by atoms with Crippen LogP contribution in [-0.4, -0.2) is 37.9 Å². The predicted octanol–water partition coefficient (Wildman–Crippen LogP) is 4.98. The van der Waals surface area contributed by atoms with Crippen LogP contribution in [0, 0.1) is 5.82 Å². The molecular weight excluding hydrogens is 453 g/mol. The van der Waals surface area contributed by atoms with Gasteiger partial charge in [-0.25, -0.2) is 4.39 Å². The van der Waals surface area contributed by atoms with Crippen molar-refractivity contribution >= 4 is 5.78 Å². The number of aromatic nitrogens is 3. The summed E-state index contributed by atoms with van der Waals surface area (Å²) >= 11 is 0. The topological polar surface area (TPSA) is 111 Å². The fourth-order valence-corrected chi connectivity index (χ4v) is 3.83. The van der Waals surface area contributed by atoms with Gasteiger partial charge in [-0.15, -0.1) is 10.2 Å². The van der Waals surface area contributed by atoms with Gasteiger partial charge in [-0.3, -0.25) is 9.36 Å². The number of carbonyl (C=O) groups excluding carboxylic acids is 1. The van der Waals surface area contributed by atoms with E-state index in [9.17, 15) is 19.4 Å². The molecule has 3 aromatic carbocycles. The zero-order chi connectivity index (χ0) is 24.5. The molecule has 2 aromatic heterocycles. The first-order valence-electron chi connectivity index (χ1n) is 10.5. The Labute approximate surface area is 198 Å². The van der Waals surface area contributed by atoms with E-state index in [1.807, 2.05) is 0 Å². The van der Waals surface area contributed by atoms with Crippen LogP contribution in [0.1, 0.15) is 15.9 Å². The van der Waals surface area contributed by atoms with Crippen LogP contribution in [0.3, 0.4) is 0 Å². The van der Waals surface area contributed by atoms with E-state index in [1.165, 1.54) is 42.3 Å². The maximum Gasteiger partial charge on any atom is 0.247 e. The lowest BCUT2D eigenvalue weighted by atomic mass is 9.99. The Kier molecular flexibility index (Phi) is 5.50. The number of rotatable bonds is 6. The third kappa shape index (κ3) is 3.89. The average molecular weight is 471 g/mol. The second-order valence-corrected chi connectivity index (χ2v) is 7.59. The Balaban J connectivity index is 1.70. The molecule has 2 N–H and O–H groups in total. The molecule has 0 unspecified atom stereocenters. The standard InChI is InChI=1S/C26H18FN3O5/c1-34-20-12-6-16(7-13-20)23(31)21-22(15-2-8-18(27)9-3-15)30(26(33)24(21)32)19-10-4-17(5-11-19)25-29-28-14-35-25/h2-14,32-33H,1H3. The van der Waals surface area contributed by atoms with Gasteiger partial charge in [-0.2, -0.15) is 0 Å². The van der Waals surface area contributed by atoms with Crippen molar-refractivity contribution in [2.45, 2.75) is 0 Å². The van der Waals surface area contributed by atoms with E-state index < -0.39 is 23.2 Å². The number of benzene rings is 3. The molecule has 0 radical (unpaired) electrons. The Bertz CT molecular complexity index is 1490. The molecule has 0 fully saturated rings. The van der Waals surface area contributed by atoms with Gasteiger partial charge in [0.05, 0.1) is 18.4 Å². The summed E-state index contributed by atoms with van der Waals surface area (Å²) in [5, 5.41) is 29.3. The summed E-state index contributed by atoms with van der Waals surface area (Å²) in [5.41, 5.74) is 1.84. The highest BCUT2D eigenvalue weighted by atomic mass is 19.1. The summed E-state index contributed by atoms with van der Waals surface area (Å²) in [6.45, 7) is 0. The highest BCUT2D eigenvalue weighted by molar-refractivity contribution is 6.15. The van der Waals surface area contributed by atoms with E-state index >= 15 is 0 Å². The second kappa shape index (κ2) is 8.79. The largest absolute Gasteiger partial charge is 0.503 e. The van der Waals surface area contributed by atoms with Crippen LogP contribution >= 0.6 is 0 Å². The Morgan fingerprint density at radius 1 is 0.943 bits per heavy atom. The number of nitrogens with zero attached hydrogens (tertiary/aromatic N) is 3. The molecule has 0 bridgehead atoms.